The first-order valence-electron chi connectivity index (χ1n) is 12.8. The molecule has 8 nitrogen and oxygen atoms in total. The van der Waals surface area contributed by atoms with E-state index in [0.29, 0.717) is 6.54 Å². The van der Waals surface area contributed by atoms with Gasteiger partial charge in [0.25, 0.3) is 0 Å². The summed E-state index contributed by atoms with van der Waals surface area (Å²) in [5, 5.41) is 14.2. The molecule has 0 bridgehead atoms. The summed E-state index contributed by atoms with van der Waals surface area (Å²) >= 11 is 0. The zero-order chi connectivity index (χ0) is 31.8. The third kappa shape index (κ3) is 8.53. The van der Waals surface area contributed by atoms with Crippen LogP contribution in [-0.2, 0) is 32.9 Å². The van der Waals surface area contributed by atoms with Gasteiger partial charge >= 0.3 is 24.3 Å². The normalized spacial score (nSPS) is 16.0. The van der Waals surface area contributed by atoms with Gasteiger partial charge in [0, 0.05) is 24.6 Å². The lowest BCUT2D eigenvalue weighted by Crippen LogP contribution is -2.48. The molecule has 0 unspecified atom stereocenters. The van der Waals surface area contributed by atoms with Crippen molar-refractivity contribution >= 4 is 23.5 Å². The second kappa shape index (κ2) is 13.7. The van der Waals surface area contributed by atoms with Crippen molar-refractivity contribution in [1.29, 1.82) is 0 Å². The molecule has 14 heteroatoms. The molecule has 0 radical (unpaired) electrons. The Bertz CT molecular complexity index is 1370. The summed E-state index contributed by atoms with van der Waals surface area (Å²) in [7, 11) is 0. The maximum Gasteiger partial charge on any atom is 0.490 e. The van der Waals surface area contributed by atoms with Gasteiger partial charge in [0.15, 0.2) is 0 Å². The van der Waals surface area contributed by atoms with Crippen molar-refractivity contribution in [2.45, 2.75) is 43.7 Å². The molecule has 0 saturated carbocycles. The largest absolute Gasteiger partial charge is 0.490 e. The zero-order valence-corrected chi connectivity index (χ0v) is 22.5. The molecule has 0 aliphatic carbocycles. The zero-order valence-electron chi connectivity index (χ0n) is 22.5. The Kier molecular flexibility index (Phi) is 10.5. The second-order valence-electron chi connectivity index (χ2n) is 9.71. The van der Waals surface area contributed by atoms with Gasteiger partial charge in [-0.2, -0.15) is 26.3 Å². The maximum absolute atomic E-state index is 13.7. The lowest BCUT2D eigenvalue weighted by Gasteiger charge is -2.38. The number of hydrogen-bond donors (Lipinski definition) is 2. The molecule has 1 amide bonds. The van der Waals surface area contributed by atoms with E-state index in [1.54, 1.807) is 0 Å². The average Bonchev–Trinajstić information content (AvgIpc) is 3.18. The van der Waals surface area contributed by atoms with Gasteiger partial charge in [-0.1, -0.05) is 48.5 Å². The van der Waals surface area contributed by atoms with E-state index in [9.17, 15) is 31.1 Å². The van der Waals surface area contributed by atoms with Crippen molar-refractivity contribution in [3.63, 3.8) is 0 Å². The number of piperidine rings is 1. The molecule has 2 aliphatic heterocycles. The van der Waals surface area contributed by atoms with Crippen LogP contribution in [0.15, 0.2) is 79.1 Å². The number of aliphatic carboxylic acids is 2. The van der Waals surface area contributed by atoms with E-state index in [4.69, 9.17) is 19.8 Å². The van der Waals surface area contributed by atoms with Crippen molar-refractivity contribution < 1.29 is 50.9 Å². The number of carbonyl (C=O) groups excluding carboxylic acids is 1. The number of rotatable bonds is 4. The van der Waals surface area contributed by atoms with Gasteiger partial charge in [0.05, 0.1) is 12.0 Å². The topological polar surface area (TPSA) is 111 Å². The molecular formula is C29H27F6N3O5. The Labute approximate surface area is 242 Å². The summed E-state index contributed by atoms with van der Waals surface area (Å²) in [5.41, 5.74) is 4.37. The summed E-state index contributed by atoms with van der Waals surface area (Å²) < 4.78 is 63.5. The molecule has 3 aromatic rings. The van der Waals surface area contributed by atoms with Crippen LogP contribution in [-0.4, -0.2) is 63.4 Å². The average molecular weight is 612 g/mol. The predicted octanol–water partition coefficient (Wildman–Crippen LogP) is 5.43. The number of carboxylic acids is 2. The van der Waals surface area contributed by atoms with Gasteiger partial charge in [-0.25, -0.2) is 9.59 Å². The molecule has 2 aromatic carbocycles. The molecule has 43 heavy (non-hydrogen) atoms. The van der Waals surface area contributed by atoms with Crippen LogP contribution >= 0.6 is 0 Å². The summed E-state index contributed by atoms with van der Waals surface area (Å²) in [6, 6.07) is 22.8. The molecule has 0 atom stereocenters. The fourth-order valence-corrected chi connectivity index (χ4v) is 4.84. The smallest absolute Gasteiger partial charge is 0.475 e. The number of likely N-dealkylation sites (tertiary alicyclic amines) is 1. The number of fused-ring (bicyclic) bond motifs is 2. The minimum atomic E-state index is -5.08. The van der Waals surface area contributed by atoms with Crippen LogP contribution in [0, 0.1) is 0 Å². The van der Waals surface area contributed by atoms with Crippen LogP contribution in [0.2, 0.25) is 0 Å². The number of alkyl halides is 6. The van der Waals surface area contributed by atoms with Crippen LogP contribution in [0.25, 0.3) is 0 Å². The number of nitrogens with zero attached hydrogens (tertiary/aromatic N) is 3. The number of hydrogen-bond acceptors (Lipinski definition) is 5. The molecule has 1 aromatic heterocycles. The van der Waals surface area contributed by atoms with E-state index in [1.807, 2.05) is 41.6 Å². The van der Waals surface area contributed by atoms with E-state index in [1.165, 1.54) is 16.7 Å². The Balaban J connectivity index is 0.000000303. The number of carboxylic acid groups (broad SMARTS) is 2. The number of aromatic nitrogens is 1. The van der Waals surface area contributed by atoms with Crippen LogP contribution in [0.5, 0.6) is 0 Å². The SMILES string of the molecule is O=C(O)C(F)(F)F.O=C(O)C(F)(F)F.O=C1N(Cc2ccccc2)c2ccccc2C12CCN(Cc1ccncc1)CC2. The molecular weight excluding hydrogens is 584 g/mol. The lowest BCUT2D eigenvalue weighted by atomic mass is 9.73. The predicted molar refractivity (Wildman–Crippen MR) is 142 cm³/mol. The monoisotopic (exact) mass is 611 g/mol. The summed E-state index contributed by atoms with van der Waals surface area (Å²) in [6.45, 7) is 3.42. The minimum absolute atomic E-state index is 0.270. The van der Waals surface area contributed by atoms with Crippen LogP contribution in [0.4, 0.5) is 32.0 Å². The number of carbonyl (C=O) groups is 3. The fourth-order valence-electron chi connectivity index (χ4n) is 4.84. The Hall–Kier alpha value is -4.46. The van der Waals surface area contributed by atoms with Gasteiger partial charge < -0.3 is 15.1 Å². The number of benzene rings is 2. The van der Waals surface area contributed by atoms with Gasteiger partial charge in [0.2, 0.25) is 5.91 Å². The summed E-state index contributed by atoms with van der Waals surface area (Å²) in [4.78, 5) is 40.1. The van der Waals surface area contributed by atoms with Crippen LogP contribution in [0.1, 0.15) is 29.5 Å². The molecule has 1 spiro atoms. The van der Waals surface area contributed by atoms with Crippen molar-refractivity contribution in [1.82, 2.24) is 9.88 Å². The summed E-state index contributed by atoms with van der Waals surface area (Å²) in [6.07, 6.45) is -4.73. The van der Waals surface area contributed by atoms with E-state index in [2.05, 4.69) is 52.3 Å². The first kappa shape index (κ1) is 33.0. The molecule has 1 saturated heterocycles. The van der Waals surface area contributed by atoms with Gasteiger partial charge in [-0.15, -0.1) is 0 Å². The summed E-state index contributed by atoms with van der Waals surface area (Å²) in [5.74, 6) is -5.24. The number of pyridine rings is 1. The number of anilines is 1. The maximum atomic E-state index is 13.7. The fraction of sp³-hybridized carbons (Fsp3) is 0.310. The number of halogens is 6. The molecule has 5 rings (SSSR count). The van der Waals surface area contributed by atoms with E-state index >= 15 is 0 Å². The lowest BCUT2D eigenvalue weighted by molar-refractivity contribution is -0.193. The molecule has 2 aliphatic rings. The highest BCUT2D eigenvalue weighted by atomic mass is 19.4. The van der Waals surface area contributed by atoms with Gasteiger partial charge in [0.1, 0.15) is 0 Å². The van der Waals surface area contributed by atoms with Gasteiger partial charge in [-0.05, 0) is 60.8 Å². The van der Waals surface area contributed by atoms with E-state index < -0.39 is 24.3 Å². The molecule has 3 heterocycles. The first-order chi connectivity index (χ1) is 20.1. The third-order valence-corrected chi connectivity index (χ3v) is 6.90. The highest BCUT2D eigenvalue weighted by Gasteiger charge is 2.51. The standard InChI is InChI=1S/C25H25N3O.2C2HF3O2/c29-24-25(12-16-27(17-13-25)18-21-10-14-26-15-11-21)22-8-4-5-9-23(22)28(24)19-20-6-2-1-3-7-20;2*3-2(4,5)1(6)7/h1-11,14-15H,12-13,16-19H2;2*(H,6,7). The first-order valence-corrected chi connectivity index (χ1v) is 12.8. The highest BCUT2D eigenvalue weighted by Crippen LogP contribution is 2.48. The molecule has 230 valence electrons. The van der Waals surface area contributed by atoms with Crippen molar-refractivity contribution in [2.24, 2.45) is 0 Å². The Morgan fingerprint density at radius 3 is 1.72 bits per heavy atom. The van der Waals surface area contributed by atoms with Crippen LogP contribution < -0.4 is 4.90 Å². The third-order valence-electron chi connectivity index (χ3n) is 6.90. The molecule has 1 fully saturated rings. The van der Waals surface area contributed by atoms with E-state index in [-0.39, 0.29) is 11.3 Å². The number of para-hydroxylation sites is 1. The Morgan fingerprint density at radius 2 is 1.21 bits per heavy atom. The van der Waals surface area contributed by atoms with Crippen molar-refractivity contribution in [2.75, 3.05) is 18.0 Å². The van der Waals surface area contributed by atoms with Crippen LogP contribution in [0.3, 0.4) is 0 Å². The second-order valence-corrected chi connectivity index (χ2v) is 9.71. The minimum Gasteiger partial charge on any atom is -0.475 e. The van der Waals surface area contributed by atoms with Crippen molar-refractivity contribution in [3.05, 3.63) is 95.8 Å². The van der Waals surface area contributed by atoms with Gasteiger partial charge in [-0.3, -0.25) is 14.7 Å². The van der Waals surface area contributed by atoms with Crippen molar-refractivity contribution in [3.8, 4) is 0 Å². The number of amides is 1. The van der Waals surface area contributed by atoms with E-state index in [0.717, 1.165) is 38.2 Å². The molecule has 2 N–H and O–H groups in total. The quantitative estimate of drug-likeness (QED) is 0.379. The Morgan fingerprint density at radius 1 is 0.744 bits per heavy atom. The highest BCUT2D eigenvalue weighted by molar-refractivity contribution is 6.08.